The minimum absolute atomic E-state index is 0.896. The Labute approximate surface area is 131 Å². The molecule has 1 aromatic rings. The average molecular weight is 292 g/mol. The van der Waals surface area contributed by atoms with Crippen LogP contribution in [0.25, 0.3) is 5.70 Å². The Kier molecular flexibility index (Phi) is 3.34. The second-order valence-electron chi connectivity index (χ2n) is 5.88. The molecule has 3 nitrogen and oxygen atoms in total. The van der Waals surface area contributed by atoms with Crippen LogP contribution in [0.15, 0.2) is 58.9 Å². The van der Waals surface area contributed by atoms with Gasteiger partial charge in [-0.1, -0.05) is 12.2 Å². The van der Waals surface area contributed by atoms with Gasteiger partial charge < -0.3 is 9.64 Å². The molecule has 0 N–H and O–H groups in total. The number of ether oxygens (including phenoxy) is 1. The van der Waals surface area contributed by atoms with Crippen molar-refractivity contribution in [2.45, 2.75) is 25.7 Å². The third-order valence-corrected chi connectivity index (χ3v) is 4.55. The van der Waals surface area contributed by atoms with E-state index in [9.17, 15) is 0 Å². The van der Waals surface area contributed by atoms with Crippen molar-refractivity contribution < 1.29 is 4.74 Å². The minimum atomic E-state index is 0.896. The number of benzene rings is 1. The van der Waals surface area contributed by atoms with Gasteiger partial charge in [0.05, 0.1) is 12.8 Å². The van der Waals surface area contributed by atoms with Crippen LogP contribution in [0.3, 0.4) is 0 Å². The van der Waals surface area contributed by atoms with Gasteiger partial charge in [-0.3, -0.25) is 0 Å². The molecule has 0 saturated heterocycles. The van der Waals surface area contributed by atoms with Crippen LogP contribution < -0.4 is 4.74 Å². The standard InChI is InChI=1S/C19H20N2O/c1-22-15-11-9-14(10-12-15)19-16-6-2-3-7-17(16)20-18-8-4-5-13-21(18)19/h4-5,8-12H,2-3,6-7,13H2,1H3. The summed E-state index contributed by atoms with van der Waals surface area (Å²) in [6, 6.07) is 8.41. The molecule has 2 heterocycles. The van der Waals surface area contributed by atoms with Crippen LogP contribution in [-0.2, 0) is 0 Å². The first-order valence-electron chi connectivity index (χ1n) is 7.97. The summed E-state index contributed by atoms with van der Waals surface area (Å²) in [5.74, 6) is 1.98. The van der Waals surface area contributed by atoms with Gasteiger partial charge >= 0.3 is 0 Å². The lowest BCUT2D eigenvalue weighted by molar-refractivity contribution is 0.414. The van der Waals surface area contributed by atoms with E-state index in [-0.39, 0.29) is 0 Å². The molecule has 4 rings (SSSR count). The number of aliphatic imine (C=N–C) groups is 1. The molecule has 3 heteroatoms. The van der Waals surface area contributed by atoms with E-state index in [2.05, 4.69) is 35.3 Å². The van der Waals surface area contributed by atoms with Crippen molar-refractivity contribution in [2.24, 2.45) is 4.99 Å². The van der Waals surface area contributed by atoms with Crippen molar-refractivity contribution in [3.05, 3.63) is 59.5 Å². The first-order valence-corrected chi connectivity index (χ1v) is 7.97. The summed E-state index contributed by atoms with van der Waals surface area (Å²) >= 11 is 0. The Hall–Kier alpha value is -2.29. The lowest BCUT2D eigenvalue weighted by atomic mass is 9.87. The number of rotatable bonds is 2. The molecule has 22 heavy (non-hydrogen) atoms. The number of fused-ring (bicyclic) bond motifs is 2. The van der Waals surface area contributed by atoms with Crippen molar-refractivity contribution in [1.29, 1.82) is 0 Å². The van der Waals surface area contributed by atoms with Gasteiger partial charge in [-0.25, -0.2) is 4.99 Å². The van der Waals surface area contributed by atoms with E-state index < -0.39 is 0 Å². The molecular weight excluding hydrogens is 272 g/mol. The van der Waals surface area contributed by atoms with Crippen LogP contribution >= 0.6 is 0 Å². The predicted octanol–water partition coefficient (Wildman–Crippen LogP) is 4.15. The summed E-state index contributed by atoms with van der Waals surface area (Å²) < 4.78 is 5.29. The zero-order valence-corrected chi connectivity index (χ0v) is 12.9. The maximum Gasteiger partial charge on any atom is 0.133 e. The van der Waals surface area contributed by atoms with Gasteiger partial charge in [0.15, 0.2) is 0 Å². The molecule has 112 valence electrons. The van der Waals surface area contributed by atoms with E-state index in [1.54, 1.807) is 7.11 Å². The normalized spacial score (nSPS) is 20.1. The molecule has 1 fully saturated rings. The third kappa shape index (κ3) is 2.17. The SMILES string of the molecule is COc1ccc(C2=C3CCCCC3=NC3=CC=CCN32)cc1. The van der Waals surface area contributed by atoms with E-state index in [0.717, 1.165) is 31.0 Å². The Morgan fingerprint density at radius 3 is 2.73 bits per heavy atom. The first-order chi connectivity index (χ1) is 10.9. The molecule has 1 aromatic carbocycles. The molecule has 2 aliphatic heterocycles. The Bertz CT molecular complexity index is 707. The largest absolute Gasteiger partial charge is 0.497 e. The van der Waals surface area contributed by atoms with Gasteiger partial charge in [0, 0.05) is 12.3 Å². The summed E-state index contributed by atoms with van der Waals surface area (Å²) in [4.78, 5) is 7.24. The van der Waals surface area contributed by atoms with Crippen LogP contribution in [-0.4, -0.2) is 24.3 Å². The van der Waals surface area contributed by atoms with E-state index in [4.69, 9.17) is 9.73 Å². The van der Waals surface area contributed by atoms with Crippen LogP contribution in [0, 0.1) is 0 Å². The van der Waals surface area contributed by atoms with Gasteiger partial charge in [0.1, 0.15) is 11.6 Å². The van der Waals surface area contributed by atoms with E-state index >= 15 is 0 Å². The van der Waals surface area contributed by atoms with Crippen molar-refractivity contribution in [1.82, 2.24) is 4.90 Å². The fraction of sp³-hybridized carbons (Fsp3) is 0.316. The van der Waals surface area contributed by atoms with Gasteiger partial charge in [-0.05, 0) is 67.2 Å². The van der Waals surface area contributed by atoms with Gasteiger partial charge in [0.2, 0.25) is 0 Å². The predicted molar refractivity (Wildman–Crippen MR) is 89.7 cm³/mol. The number of hydrogen-bond donors (Lipinski definition) is 0. The highest BCUT2D eigenvalue weighted by atomic mass is 16.5. The molecule has 0 radical (unpaired) electrons. The average Bonchev–Trinajstić information content (AvgIpc) is 2.60. The summed E-state index contributed by atoms with van der Waals surface area (Å²) in [7, 11) is 1.71. The highest BCUT2D eigenvalue weighted by Crippen LogP contribution is 2.38. The van der Waals surface area contributed by atoms with Gasteiger partial charge in [-0.15, -0.1) is 0 Å². The van der Waals surface area contributed by atoms with Crippen LogP contribution in [0.2, 0.25) is 0 Å². The topological polar surface area (TPSA) is 24.8 Å². The highest BCUT2D eigenvalue weighted by molar-refractivity contribution is 6.08. The fourth-order valence-electron chi connectivity index (χ4n) is 3.46. The van der Waals surface area contributed by atoms with Crippen LogP contribution in [0.1, 0.15) is 31.2 Å². The van der Waals surface area contributed by atoms with Crippen molar-refractivity contribution in [2.75, 3.05) is 13.7 Å². The second-order valence-corrected chi connectivity index (χ2v) is 5.88. The van der Waals surface area contributed by atoms with E-state index in [0.29, 0.717) is 0 Å². The van der Waals surface area contributed by atoms with Crippen LogP contribution in [0.4, 0.5) is 0 Å². The summed E-state index contributed by atoms with van der Waals surface area (Å²) in [6.07, 6.45) is 11.2. The lowest BCUT2D eigenvalue weighted by Gasteiger charge is -2.36. The van der Waals surface area contributed by atoms with Crippen molar-refractivity contribution in [3.63, 3.8) is 0 Å². The third-order valence-electron chi connectivity index (χ3n) is 4.55. The molecular formula is C19H20N2O. The smallest absolute Gasteiger partial charge is 0.133 e. The van der Waals surface area contributed by atoms with Crippen molar-refractivity contribution in [3.8, 4) is 5.75 Å². The molecule has 0 unspecified atom stereocenters. The van der Waals surface area contributed by atoms with Gasteiger partial charge in [0.25, 0.3) is 0 Å². The molecule has 1 aliphatic carbocycles. The zero-order valence-electron chi connectivity index (χ0n) is 12.9. The van der Waals surface area contributed by atoms with Crippen LogP contribution in [0.5, 0.6) is 5.75 Å². The van der Waals surface area contributed by atoms with Crippen molar-refractivity contribution >= 4 is 11.4 Å². The monoisotopic (exact) mass is 292 g/mol. The molecule has 0 bridgehead atoms. The van der Waals surface area contributed by atoms with Gasteiger partial charge in [-0.2, -0.15) is 0 Å². The first kappa shape index (κ1) is 13.4. The molecule has 0 amide bonds. The minimum Gasteiger partial charge on any atom is -0.497 e. The Balaban J connectivity index is 1.84. The number of allylic oxidation sites excluding steroid dienone is 3. The molecule has 3 aliphatic rings. The molecule has 0 spiro atoms. The Morgan fingerprint density at radius 2 is 1.91 bits per heavy atom. The maximum atomic E-state index is 5.29. The number of hydrogen-bond acceptors (Lipinski definition) is 3. The number of nitrogens with zero attached hydrogens (tertiary/aromatic N) is 2. The molecule has 1 saturated carbocycles. The maximum absolute atomic E-state index is 5.29. The fourth-order valence-corrected chi connectivity index (χ4v) is 3.46. The quantitative estimate of drug-likeness (QED) is 0.818. The zero-order chi connectivity index (χ0) is 14.9. The van der Waals surface area contributed by atoms with E-state index in [1.807, 2.05) is 12.1 Å². The number of methoxy groups -OCH3 is 1. The summed E-state index contributed by atoms with van der Waals surface area (Å²) in [5.41, 5.74) is 5.31. The summed E-state index contributed by atoms with van der Waals surface area (Å²) in [6.45, 7) is 0.896. The molecule has 0 aromatic heterocycles. The summed E-state index contributed by atoms with van der Waals surface area (Å²) in [5, 5.41) is 0. The second kappa shape index (κ2) is 5.48. The van der Waals surface area contributed by atoms with E-state index in [1.165, 1.54) is 35.4 Å². The highest BCUT2D eigenvalue weighted by Gasteiger charge is 2.29. The Morgan fingerprint density at radius 1 is 1.09 bits per heavy atom. The lowest BCUT2D eigenvalue weighted by Crippen LogP contribution is -2.31. The molecule has 0 atom stereocenters.